The number of hydrogen-bond donors (Lipinski definition) is 1. The number of amides is 1. The first kappa shape index (κ1) is 15.5. The Balaban J connectivity index is 1.64. The first-order valence-electron chi connectivity index (χ1n) is 6.83. The number of pyridine rings is 1. The van der Waals surface area contributed by atoms with Gasteiger partial charge in [-0.15, -0.1) is 10.2 Å². The van der Waals surface area contributed by atoms with Crippen molar-refractivity contribution in [3.05, 3.63) is 70.1 Å². The second-order valence-corrected chi connectivity index (χ2v) is 5.61. The van der Waals surface area contributed by atoms with Gasteiger partial charge in [-0.3, -0.25) is 9.20 Å². The lowest BCUT2D eigenvalue weighted by Gasteiger charge is -2.01. The van der Waals surface area contributed by atoms with Crippen LogP contribution >= 0.6 is 23.2 Å². The number of rotatable bonds is 4. The lowest BCUT2D eigenvalue weighted by atomic mass is 10.2. The molecule has 2 heterocycles. The highest BCUT2D eigenvalue weighted by molar-refractivity contribution is 6.35. The van der Waals surface area contributed by atoms with E-state index in [2.05, 4.69) is 15.5 Å². The fourth-order valence-electron chi connectivity index (χ4n) is 2.04. The van der Waals surface area contributed by atoms with Crippen molar-refractivity contribution in [3.8, 4) is 0 Å². The number of benzene rings is 1. The summed E-state index contributed by atoms with van der Waals surface area (Å²) in [5, 5.41) is 11.9. The Hall–Kier alpha value is -2.37. The summed E-state index contributed by atoms with van der Waals surface area (Å²) in [4.78, 5) is 11.9. The largest absolute Gasteiger partial charge is 0.345 e. The molecule has 1 amide bonds. The van der Waals surface area contributed by atoms with E-state index in [4.69, 9.17) is 23.2 Å². The summed E-state index contributed by atoms with van der Waals surface area (Å²) in [5.41, 5.74) is 1.46. The number of nitrogens with zero attached hydrogens (tertiary/aromatic N) is 3. The highest BCUT2D eigenvalue weighted by atomic mass is 35.5. The van der Waals surface area contributed by atoms with Gasteiger partial charge in [0.25, 0.3) is 0 Å². The second-order valence-electron chi connectivity index (χ2n) is 4.76. The molecule has 0 spiro atoms. The third-order valence-corrected chi connectivity index (χ3v) is 3.74. The lowest BCUT2D eigenvalue weighted by Crippen LogP contribution is -2.21. The van der Waals surface area contributed by atoms with E-state index in [1.807, 2.05) is 28.8 Å². The maximum absolute atomic E-state index is 11.9. The molecule has 116 valence electrons. The van der Waals surface area contributed by atoms with Gasteiger partial charge in [0.15, 0.2) is 11.5 Å². The molecule has 0 atom stereocenters. The van der Waals surface area contributed by atoms with E-state index in [0.29, 0.717) is 15.9 Å². The highest BCUT2D eigenvalue weighted by Gasteiger charge is 2.05. The maximum atomic E-state index is 11.9. The number of halogens is 2. The van der Waals surface area contributed by atoms with Gasteiger partial charge in [-0.25, -0.2) is 0 Å². The van der Waals surface area contributed by atoms with Crippen LogP contribution in [0.15, 0.2) is 48.7 Å². The minimum atomic E-state index is -0.247. The molecular weight excluding hydrogens is 335 g/mol. The SMILES string of the molecule is O=C(/C=C/c1ccc(Cl)cc1Cl)NCc1nnc2ccccn12. The van der Waals surface area contributed by atoms with Gasteiger partial charge >= 0.3 is 0 Å². The molecule has 2 aromatic heterocycles. The molecule has 23 heavy (non-hydrogen) atoms. The van der Waals surface area contributed by atoms with Crippen LogP contribution in [0.3, 0.4) is 0 Å². The van der Waals surface area contributed by atoms with E-state index < -0.39 is 0 Å². The van der Waals surface area contributed by atoms with Crippen molar-refractivity contribution in [3.63, 3.8) is 0 Å². The third-order valence-electron chi connectivity index (χ3n) is 3.18. The van der Waals surface area contributed by atoms with Gasteiger partial charge in [0.2, 0.25) is 5.91 Å². The molecule has 0 unspecified atom stereocenters. The van der Waals surface area contributed by atoms with E-state index in [-0.39, 0.29) is 12.5 Å². The van der Waals surface area contributed by atoms with Crippen molar-refractivity contribution in [2.75, 3.05) is 0 Å². The van der Waals surface area contributed by atoms with Crippen LogP contribution in [-0.2, 0) is 11.3 Å². The highest BCUT2D eigenvalue weighted by Crippen LogP contribution is 2.21. The zero-order chi connectivity index (χ0) is 16.2. The summed E-state index contributed by atoms with van der Waals surface area (Å²) in [7, 11) is 0. The number of fused-ring (bicyclic) bond motifs is 1. The first-order valence-corrected chi connectivity index (χ1v) is 7.59. The molecule has 3 aromatic rings. The minimum absolute atomic E-state index is 0.247. The molecular formula is C16H12Cl2N4O. The predicted molar refractivity (Wildman–Crippen MR) is 90.3 cm³/mol. The Kier molecular flexibility index (Phi) is 4.60. The normalized spacial score (nSPS) is 11.2. The standard InChI is InChI=1S/C16H12Cl2N4O/c17-12-6-4-11(13(18)9-12)5-7-16(23)19-10-15-21-20-14-3-1-2-8-22(14)15/h1-9H,10H2,(H,19,23)/b7-5+. The monoisotopic (exact) mass is 346 g/mol. The van der Waals surface area contributed by atoms with E-state index in [9.17, 15) is 4.79 Å². The molecule has 0 aliphatic heterocycles. The molecule has 0 bridgehead atoms. The number of nitrogens with one attached hydrogen (secondary N) is 1. The Morgan fingerprint density at radius 2 is 2.09 bits per heavy atom. The van der Waals surface area contributed by atoms with Crippen LogP contribution in [0.4, 0.5) is 0 Å². The second kappa shape index (κ2) is 6.81. The molecule has 0 saturated heterocycles. The quantitative estimate of drug-likeness (QED) is 0.736. The Morgan fingerprint density at radius 3 is 2.91 bits per heavy atom. The topological polar surface area (TPSA) is 59.3 Å². The zero-order valence-electron chi connectivity index (χ0n) is 11.9. The Labute approximate surface area is 142 Å². The summed E-state index contributed by atoms with van der Waals surface area (Å²) in [6.07, 6.45) is 4.90. The molecule has 5 nitrogen and oxygen atoms in total. The molecule has 1 N–H and O–H groups in total. The first-order chi connectivity index (χ1) is 11.1. The van der Waals surface area contributed by atoms with Gasteiger partial charge in [0, 0.05) is 22.3 Å². The fourth-order valence-corrected chi connectivity index (χ4v) is 2.51. The van der Waals surface area contributed by atoms with Crippen LogP contribution in [0.1, 0.15) is 11.4 Å². The van der Waals surface area contributed by atoms with Crippen LogP contribution in [0.5, 0.6) is 0 Å². The minimum Gasteiger partial charge on any atom is -0.345 e. The van der Waals surface area contributed by atoms with Crippen molar-refractivity contribution >= 4 is 40.8 Å². The molecule has 0 radical (unpaired) electrons. The number of carbonyl (C=O) groups excluding carboxylic acids is 1. The van der Waals surface area contributed by atoms with Crippen LogP contribution in [0.2, 0.25) is 10.0 Å². The molecule has 3 rings (SSSR count). The number of carbonyl (C=O) groups is 1. The summed E-state index contributed by atoms with van der Waals surface area (Å²) in [6.45, 7) is 0.280. The summed E-state index contributed by atoms with van der Waals surface area (Å²) in [5.74, 6) is 0.413. The average Bonchev–Trinajstić information content (AvgIpc) is 2.95. The van der Waals surface area contributed by atoms with Crippen molar-refractivity contribution in [2.45, 2.75) is 6.54 Å². The van der Waals surface area contributed by atoms with E-state index >= 15 is 0 Å². The number of hydrogen-bond acceptors (Lipinski definition) is 3. The molecule has 0 saturated carbocycles. The van der Waals surface area contributed by atoms with Gasteiger partial charge in [-0.2, -0.15) is 0 Å². The Morgan fingerprint density at radius 1 is 1.22 bits per heavy atom. The summed E-state index contributed by atoms with van der Waals surface area (Å²) >= 11 is 11.9. The number of aromatic nitrogens is 3. The van der Waals surface area contributed by atoms with Gasteiger partial charge in [0.05, 0.1) is 6.54 Å². The van der Waals surface area contributed by atoms with Crippen molar-refractivity contribution in [1.29, 1.82) is 0 Å². The van der Waals surface area contributed by atoms with Gasteiger partial charge in [0.1, 0.15) is 0 Å². The maximum Gasteiger partial charge on any atom is 0.244 e. The van der Waals surface area contributed by atoms with E-state index in [1.54, 1.807) is 24.3 Å². The molecule has 0 fully saturated rings. The van der Waals surface area contributed by atoms with Crippen LogP contribution in [-0.4, -0.2) is 20.5 Å². The zero-order valence-corrected chi connectivity index (χ0v) is 13.4. The summed E-state index contributed by atoms with van der Waals surface area (Å²) < 4.78 is 1.82. The Bertz CT molecular complexity index is 889. The van der Waals surface area contributed by atoms with Crippen LogP contribution in [0.25, 0.3) is 11.7 Å². The third kappa shape index (κ3) is 3.70. The van der Waals surface area contributed by atoms with Gasteiger partial charge in [-0.05, 0) is 35.9 Å². The van der Waals surface area contributed by atoms with Crippen LogP contribution in [0, 0.1) is 0 Å². The van der Waals surface area contributed by atoms with Crippen molar-refractivity contribution in [2.24, 2.45) is 0 Å². The van der Waals surface area contributed by atoms with Crippen molar-refractivity contribution in [1.82, 2.24) is 19.9 Å². The van der Waals surface area contributed by atoms with E-state index in [0.717, 1.165) is 11.2 Å². The molecule has 0 aliphatic rings. The molecule has 1 aromatic carbocycles. The smallest absolute Gasteiger partial charge is 0.244 e. The predicted octanol–water partition coefficient (Wildman–Crippen LogP) is 3.37. The van der Waals surface area contributed by atoms with E-state index in [1.165, 1.54) is 6.08 Å². The van der Waals surface area contributed by atoms with Crippen molar-refractivity contribution < 1.29 is 4.79 Å². The van der Waals surface area contributed by atoms with Crippen LogP contribution < -0.4 is 5.32 Å². The van der Waals surface area contributed by atoms with Gasteiger partial charge < -0.3 is 5.32 Å². The van der Waals surface area contributed by atoms with Gasteiger partial charge in [-0.1, -0.05) is 35.3 Å². The summed E-state index contributed by atoms with van der Waals surface area (Å²) in [6, 6.07) is 10.7. The molecule has 0 aliphatic carbocycles. The average molecular weight is 347 g/mol. The molecule has 7 heteroatoms. The fraction of sp³-hybridized carbons (Fsp3) is 0.0625. The lowest BCUT2D eigenvalue weighted by molar-refractivity contribution is -0.116.